The summed E-state index contributed by atoms with van der Waals surface area (Å²) in [6.45, 7) is 6.48. The Labute approximate surface area is 153 Å². The van der Waals surface area contributed by atoms with Crippen LogP contribution in [0.1, 0.15) is 49.9 Å². The fraction of sp³-hybridized carbons (Fsp3) is 0.600. The first-order valence-electron chi connectivity index (χ1n) is 9.39. The van der Waals surface area contributed by atoms with Crippen LogP contribution in [0, 0.1) is 5.82 Å². The van der Waals surface area contributed by atoms with E-state index in [9.17, 15) is 14.0 Å². The van der Waals surface area contributed by atoms with Gasteiger partial charge in [0.05, 0.1) is 11.6 Å². The highest BCUT2D eigenvalue weighted by atomic mass is 19.1. The Morgan fingerprint density at radius 3 is 2.58 bits per heavy atom. The minimum Gasteiger partial charge on any atom is -0.360 e. The molecule has 0 aromatic heterocycles. The topological polar surface area (TPSA) is 58.6 Å². The highest BCUT2D eigenvalue weighted by Crippen LogP contribution is 2.33. The number of nitrogens with one attached hydrogen (secondary N) is 1. The number of piperidine rings is 1. The predicted octanol–water partition coefficient (Wildman–Crippen LogP) is 2.55. The summed E-state index contributed by atoms with van der Waals surface area (Å²) in [5, 5.41) is 3.03. The zero-order valence-corrected chi connectivity index (χ0v) is 15.5. The molecule has 2 saturated heterocycles. The van der Waals surface area contributed by atoms with Crippen LogP contribution in [-0.4, -0.2) is 54.0 Å². The number of hydrogen-bond donors (Lipinski definition) is 1. The number of ether oxygens (including phenoxy) is 1. The van der Waals surface area contributed by atoms with Crippen molar-refractivity contribution < 1.29 is 18.7 Å². The van der Waals surface area contributed by atoms with Crippen LogP contribution in [0.25, 0.3) is 0 Å². The fourth-order valence-corrected chi connectivity index (χ4v) is 3.92. The molecule has 6 heteroatoms. The Balaban J connectivity index is 1.43. The van der Waals surface area contributed by atoms with Gasteiger partial charge in [0.25, 0.3) is 0 Å². The van der Waals surface area contributed by atoms with Crippen molar-refractivity contribution in [2.24, 2.45) is 0 Å². The quantitative estimate of drug-likeness (QED) is 0.818. The number of nitrogens with zero attached hydrogens (tertiary/aromatic N) is 1. The summed E-state index contributed by atoms with van der Waals surface area (Å²) in [5.74, 6) is -0.308. The van der Waals surface area contributed by atoms with Crippen molar-refractivity contribution in [1.29, 1.82) is 0 Å². The molecule has 2 aliphatic rings. The SMILES string of the molecule is CC1OC2(CCN(CCCC(=O)c3ccc(F)cc3)CC2)C(C)NC1=O. The van der Waals surface area contributed by atoms with Gasteiger partial charge < -0.3 is 15.0 Å². The van der Waals surface area contributed by atoms with Gasteiger partial charge in [-0.2, -0.15) is 0 Å². The van der Waals surface area contributed by atoms with Gasteiger partial charge in [0.15, 0.2) is 5.78 Å². The van der Waals surface area contributed by atoms with Crippen molar-refractivity contribution in [2.75, 3.05) is 19.6 Å². The van der Waals surface area contributed by atoms with Crippen molar-refractivity contribution in [3.8, 4) is 0 Å². The Hall–Kier alpha value is -1.79. The van der Waals surface area contributed by atoms with E-state index < -0.39 is 6.10 Å². The first kappa shape index (κ1) is 19.0. The van der Waals surface area contributed by atoms with E-state index in [0.717, 1.165) is 38.9 Å². The Morgan fingerprint density at radius 2 is 1.92 bits per heavy atom. The molecule has 2 unspecified atom stereocenters. The van der Waals surface area contributed by atoms with Gasteiger partial charge in [-0.25, -0.2) is 4.39 Å². The summed E-state index contributed by atoms with van der Waals surface area (Å²) < 4.78 is 19.0. The Bertz CT molecular complexity index is 654. The van der Waals surface area contributed by atoms with E-state index >= 15 is 0 Å². The second-order valence-corrected chi connectivity index (χ2v) is 7.43. The summed E-state index contributed by atoms with van der Waals surface area (Å²) in [4.78, 5) is 26.2. The van der Waals surface area contributed by atoms with Crippen LogP contribution in [0.4, 0.5) is 4.39 Å². The maximum atomic E-state index is 12.9. The molecule has 1 spiro atoms. The van der Waals surface area contributed by atoms with Crippen molar-refractivity contribution in [3.05, 3.63) is 35.6 Å². The van der Waals surface area contributed by atoms with Gasteiger partial charge in [-0.15, -0.1) is 0 Å². The number of carbonyl (C=O) groups is 2. The largest absolute Gasteiger partial charge is 0.360 e. The number of ketones is 1. The average molecular weight is 362 g/mol. The van der Waals surface area contributed by atoms with E-state index in [-0.39, 0.29) is 29.2 Å². The molecule has 1 N–H and O–H groups in total. The lowest BCUT2D eigenvalue weighted by molar-refractivity contribution is -0.178. The van der Waals surface area contributed by atoms with Crippen LogP contribution in [-0.2, 0) is 9.53 Å². The Kier molecular flexibility index (Phi) is 5.73. The second kappa shape index (κ2) is 7.84. The summed E-state index contributed by atoms with van der Waals surface area (Å²) in [5.41, 5.74) is 0.298. The minimum atomic E-state index is -0.397. The number of hydrogen-bond acceptors (Lipinski definition) is 4. The molecule has 0 saturated carbocycles. The summed E-state index contributed by atoms with van der Waals surface area (Å²) in [6.07, 6.45) is 2.61. The van der Waals surface area contributed by atoms with Crippen LogP contribution in [0.15, 0.2) is 24.3 Å². The van der Waals surface area contributed by atoms with Gasteiger partial charge in [-0.05, 0) is 63.9 Å². The number of morpholine rings is 1. The second-order valence-electron chi connectivity index (χ2n) is 7.43. The normalized spacial score (nSPS) is 25.9. The predicted molar refractivity (Wildman–Crippen MR) is 96.5 cm³/mol. The minimum absolute atomic E-state index is 0.0217. The average Bonchev–Trinajstić information content (AvgIpc) is 2.62. The molecule has 1 aromatic rings. The molecule has 26 heavy (non-hydrogen) atoms. The first-order chi connectivity index (χ1) is 12.4. The van der Waals surface area contributed by atoms with Gasteiger partial charge in [0.1, 0.15) is 11.9 Å². The van der Waals surface area contributed by atoms with Crippen LogP contribution >= 0.6 is 0 Å². The number of rotatable bonds is 5. The smallest absolute Gasteiger partial charge is 0.249 e. The molecule has 2 fully saturated rings. The van der Waals surface area contributed by atoms with Gasteiger partial charge >= 0.3 is 0 Å². The van der Waals surface area contributed by atoms with E-state index in [0.29, 0.717) is 12.0 Å². The first-order valence-corrected chi connectivity index (χ1v) is 9.39. The molecule has 0 aliphatic carbocycles. The monoisotopic (exact) mass is 362 g/mol. The van der Waals surface area contributed by atoms with E-state index in [1.165, 1.54) is 12.1 Å². The lowest BCUT2D eigenvalue weighted by Gasteiger charge is -2.49. The van der Waals surface area contributed by atoms with Gasteiger partial charge in [0.2, 0.25) is 5.91 Å². The van der Waals surface area contributed by atoms with Crippen LogP contribution in [0.3, 0.4) is 0 Å². The highest BCUT2D eigenvalue weighted by molar-refractivity contribution is 5.95. The molecule has 142 valence electrons. The molecule has 3 rings (SSSR count). The number of carbonyl (C=O) groups excluding carboxylic acids is 2. The third-order valence-electron chi connectivity index (χ3n) is 5.68. The van der Waals surface area contributed by atoms with Gasteiger partial charge in [0, 0.05) is 25.1 Å². The maximum Gasteiger partial charge on any atom is 0.249 e. The maximum absolute atomic E-state index is 12.9. The zero-order valence-electron chi connectivity index (χ0n) is 15.5. The molecular weight excluding hydrogens is 335 g/mol. The van der Waals surface area contributed by atoms with E-state index in [2.05, 4.69) is 10.2 Å². The number of Topliss-reactive ketones (excluding diaryl/α,β-unsaturated/α-hetero) is 1. The standard InChI is InChI=1S/C20H27FN2O3/c1-14-19(25)22-15(2)20(26-14)9-12-23(13-10-20)11-3-4-18(24)16-5-7-17(21)8-6-16/h5-8,14-15H,3-4,9-13H2,1-2H3,(H,22,25). The van der Waals surface area contributed by atoms with Crippen molar-refractivity contribution >= 4 is 11.7 Å². The molecular formula is C20H27FN2O3. The Morgan fingerprint density at radius 1 is 1.27 bits per heavy atom. The lowest BCUT2D eigenvalue weighted by Crippen LogP contribution is -2.64. The zero-order chi connectivity index (χ0) is 18.7. The molecule has 2 aliphatic heterocycles. The van der Waals surface area contributed by atoms with E-state index in [1.54, 1.807) is 19.1 Å². The molecule has 0 bridgehead atoms. The number of benzene rings is 1. The van der Waals surface area contributed by atoms with Crippen molar-refractivity contribution in [1.82, 2.24) is 10.2 Å². The molecule has 5 nitrogen and oxygen atoms in total. The third kappa shape index (κ3) is 4.13. The number of amides is 1. The molecule has 2 atom stereocenters. The summed E-state index contributed by atoms with van der Waals surface area (Å²) >= 11 is 0. The van der Waals surface area contributed by atoms with Crippen LogP contribution in [0.2, 0.25) is 0 Å². The lowest BCUT2D eigenvalue weighted by atomic mass is 9.83. The van der Waals surface area contributed by atoms with Gasteiger partial charge in [-0.1, -0.05) is 0 Å². The molecule has 2 heterocycles. The van der Waals surface area contributed by atoms with Crippen LogP contribution < -0.4 is 5.32 Å². The van der Waals surface area contributed by atoms with Crippen LogP contribution in [0.5, 0.6) is 0 Å². The van der Waals surface area contributed by atoms with Gasteiger partial charge in [-0.3, -0.25) is 9.59 Å². The fourth-order valence-electron chi connectivity index (χ4n) is 3.92. The third-order valence-corrected chi connectivity index (χ3v) is 5.68. The molecule has 1 amide bonds. The molecule has 1 aromatic carbocycles. The number of halogens is 1. The van der Waals surface area contributed by atoms with Crippen molar-refractivity contribution in [3.63, 3.8) is 0 Å². The van der Waals surface area contributed by atoms with E-state index in [4.69, 9.17) is 4.74 Å². The summed E-state index contributed by atoms with van der Waals surface area (Å²) in [7, 11) is 0. The summed E-state index contributed by atoms with van der Waals surface area (Å²) in [6, 6.07) is 5.75. The molecule has 0 radical (unpaired) electrons. The number of likely N-dealkylation sites (tertiary alicyclic amines) is 1. The van der Waals surface area contributed by atoms with Crippen molar-refractivity contribution in [2.45, 2.75) is 57.3 Å². The highest BCUT2D eigenvalue weighted by Gasteiger charge is 2.46. The van der Waals surface area contributed by atoms with E-state index in [1.807, 2.05) is 6.92 Å².